The first-order valence-corrected chi connectivity index (χ1v) is 10.6. The summed E-state index contributed by atoms with van der Waals surface area (Å²) in [6.45, 7) is 2.17. The molecule has 4 rings (SSSR count). The monoisotopic (exact) mass is 562 g/mol. The van der Waals surface area contributed by atoms with E-state index in [4.69, 9.17) is 16.6 Å². The Hall–Kier alpha value is -1.59. The van der Waals surface area contributed by atoms with Gasteiger partial charge in [-0.1, -0.05) is 29.7 Å². The molecule has 176 valence electrons. The van der Waals surface area contributed by atoms with Gasteiger partial charge in [-0.2, -0.15) is 5.10 Å². The zero-order valence-corrected chi connectivity index (χ0v) is 23.6. The molecule has 0 bridgehead atoms. The number of nitrogens with zero attached hydrogens (tertiary/aromatic N) is 5. The Balaban J connectivity index is 0.00000204. The molecule has 1 saturated heterocycles. The van der Waals surface area contributed by atoms with Crippen LogP contribution in [0.2, 0.25) is 5.02 Å². The van der Waals surface area contributed by atoms with Gasteiger partial charge in [0.25, 0.3) is 0 Å². The number of pyridine rings is 2. The van der Waals surface area contributed by atoms with Crippen LogP contribution < -0.4 is 10.2 Å². The summed E-state index contributed by atoms with van der Waals surface area (Å²) in [7, 11) is 1.77. The van der Waals surface area contributed by atoms with Crippen LogP contribution in [-0.2, 0) is 7.05 Å². The predicted octanol–water partition coefficient (Wildman–Crippen LogP) is 4.59. The molecular formula is C23H25ClF2N6OSr. The summed E-state index contributed by atoms with van der Waals surface area (Å²) in [5.74, 6) is -2.84. The van der Waals surface area contributed by atoms with Gasteiger partial charge in [0.15, 0.2) is 0 Å². The van der Waals surface area contributed by atoms with Crippen molar-refractivity contribution in [2.45, 2.75) is 32.1 Å². The Bertz CT molecular complexity index is 1140. The van der Waals surface area contributed by atoms with E-state index in [-0.39, 0.29) is 77.9 Å². The molecule has 1 N–H and O–H groups in total. The predicted molar refractivity (Wildman–Crippen MR) is 130 cm³/mol. The molecule has 7 nitrogen and oxygen atoms in total. The molecule has 0 saturated carbocycles. The van der Waals surface area contributed by atoms with Crippen LogP contribution in [0.25, 0.3) is 11.3 Å². The number of aromatic nitrogens is 4. The van der Waals surface area contributed by atoms with E-state index in [0.717, 1.165) is 0 Å². The minimum Gasteiger partial charge on any atom is -0.394 e. The van der Waals surface area contributed by atoms with Crippen molar-refractivity contribution in [1.82, 2.24) is 19.7 Å². The second-order valence-electron chi connectivity index (χ2n) is 7.82. The average Bonchev–Trinajstić information content (AvgIpc) is 3.10. The molecule has 4 heterocycles. The van der Waals surface area contributed by atoms with Crippen LogP contribution in [0, 0.1) is 20.5 Å². The van der Waals surface area contributed by atoms with Crippen LogP contribution in [0.15, 0.2) is 30.7 Å². The molecule has 3 aromatic rings. The Morgan fingerprint density at radius 3 is 2.71 bits per heavy atom. The minimum absolute atomic E-state index is 0. The van der Waals surface area contributed by atoms with Crippen molar-refractivity contribution < 1.29 is 13.6 Å². The van der Waals surface area contributed by atoms with Gasteiger partial charge in [-0.15, -0.1) is 12.1 Å². The smallest absolute Gasteiger partial charge is 0.394 e. The van der Waals surface area contributed by atoms with E-state index < -0.39 is 11.8 Å². The van der Waals surface area contributed by atoms with Gasteiger partial charge in [0.05, 0.1) is 22.5 Å². The average molecular weight is 563 g/mol. The van der Waals surface area contributed by atoms with Crippen LogP contribution >= 0.6 is 11.6 Å². The summed E-state index contributed by atoms with van der Waals surface area (Å²) in [5.41, 5.74) is 2.41. The first-order valence-electron chi connectivity index (χ1n) is 10.2. The Morgan fingerprint density at radius 1 is 1.29 bits per heavy atom. The van der Waals surface area contributed by atoms with Gasteiger partial charge >= 0.3 is 45.5 Å². The zero-order chi connectivity index (χ0) is 22.9. The first-order chi connectivity index (χ1) is 15.2. The number of amides is 1. The molecular weight excluding hydrogens is 537 g/mol. The maximum Gasteiger partial charge on any atom is 2.00 e. The third kappa shape index (κ3) is 6.34. The second-order valence-corrected chi connectivity index (χ2v) is 8.20. The van der Waals surface area contributed by atoms with Gasteiger partial charge in [0.2, 0.25) is 11.8 Å². The van der Waals surface area contributed by atoms with Gasteiger partial charge < -0.3 is 22.6 Å². The van der Waals surface area contributed by atoms with Crippen molar-refractivity contribution in [3.8, 4) is 11.3 Å². The summed E-state index contributed by atoms with van der Waals surface area (Å²) < 4.78 is 29.7. The van der Waals surface area contributed by atoms with E-state index in [1.807, 2.05) is 0 Å². The number of hydrogen-bond donors (Lipinski definition) is 1. The maximum absolute atomic E-state index is 14.0. The third-order valence-electron chi connectivity index (χ3n) is 5.46. The van der Waals surface area contributed by atoms with Crippen LogP contribution in [0.1, 0.15) is 35.2 Å². The molecule has 0 atom stereocenters. The molecule has 0 aromatic carbocycles. The summed E-state index contributed by atoms with van der Waals surface area (Å²) in [6.07, 6.45) is 7.35. The second kappa shape index (κ2) is 11.9. The fourth-order valence-corrected chi connectivity index (χ4v) is 4.01. The van der Waals surface area contributed by atoms with E-state index >= 15 is 0 Å². The fourth-order valence-electron chi connectivity index (χ4n) is 3.76. The number of rotatable bonds is 4. The van der Waals surface area contributed by atoms with Crippen molar-refractivity contribution in [3.05, 3.63) is 60.5 Å². The largest absolute Gasteiger partial charge is 2.00 e. The number of anilines is 2. The third-order valence-corrected chi connectivity index (χ3v) is 5.92. The zero-order valence-electron chi connectivity index (χ0n) is 19.4. The molecule has 34 heavy (non-hydrogen) atoms. The van der Waals surface area contributed by atoms with Crippen LogP contribution in [0.5, 0.6) is 0 Å². The first kappa shape index (κ1) is 28.6. The van der Waals surface area contributed by atoms with E-state index in [1.165, 1.54) is 6.20 Å². The van der Waals surface area contributed by atoms with Crippen molar-refractivity contribution in [3.63, 3.8) is 0 Å². The SMILES string of the molecule is Cc1c(Cl)c(-c2cnn(C)c2)nc(N2CCCC(F)(F)CC2)c1C(=O)Nc1c[c-]ncc1.[CH3-].[Sr+2]. The number of carbonyl (C=O) groups excluding carboxylic acids is 1. The number of alkyl halides is 2. The van der Waals surface area contributed by atoms with Gasteiger partial charge in [0.1, 0.15) is 5.82 Å². The summed E-state index contributed by atoms with van der Waals surface area (Å²) in [6, 6.07) is 3.17. The van der Waals surface area contributed by atoms with Crippen molar-refractivity contribution in [2.75, 3.05) is 23.3 Å². The number of halogens is 3. The topological polar surface area (TPSA) is 75.9 Å². The fraction of sp³-hybridized carbons (Fsp3) is 0.348. The van der Waals surface area contributed by atoms with Crippen molar-refractivity contribution in [1.29, 1.82) is 0 Å². The minimum atomic E-state index is -2.74. The van der Waals surface area contributed by atoms with Crippen LogP contribution in [0.3, 0.4) is 0 Å². The van der Waals surface area contributed by atoms with Crippen molar-refractivity contribution >= 4 is 74.5 Å². The molecule has 3 aromatic heterocycles. The molecule has 1 fully saturated rings. The van der Waals surface area contributed by atoms with E-state index in [9.17, 15) is 13.6 Å². The van der Waals surface area contributed by atoms with Gasteiger partial charge in [-0.05, 0) is 18.9 Å². The van der Waals surface area contributed by atoms with Gasteiger partial charge in [0, 0.05) is 44.7 Å². The Morgan fingerprint density at radius 2 is 2.06 bits per heavy atom. The van der Waals surface area contributed by atoms with Gasteiger partial charge in [-0.25, -0.2) is 13.8 Å². The standard InChI is InChI=1S/C22H22ClF2N6O.CH3.Sr/c1-14-17(21(32)28-16-4-8-26-9-5-16)20(31-10-3-6-22(24,25)7-11-31)29-19(18(14)23)15-12-27-30(2)13-15;;/h4-5,8,12-13H,3,6-7,10-11H2,1-2H3,(H,26,28,32);1H3;/q2*-1;+2. The van der Waals surface area contributed by atoms with Crippen molar-refractivity contribution in [2.24, 2.45) is 7.05 Å². The molecule has 0 radical (unpaired) electrons. The molecule has 1 aliphatic heterocycles. The van der Waals surface area contributed by atoms with E-state index in [2.05, 4.69) is 21.6 Å². The molecule has 1 aliphatic rings. The van der Waals surface area contributed by atoms with E-state index in [0.29, 0.717) is 46.3 Å². The van der Waals surface area contributed by atoms with Crippen LogP contribution in [0.4, 0.5) is 20.3 Å². The number of carbonyl (C=O) groups is 1. The number of aryl methyl sites for hydroxylation is 1. The molecule has 0 spiro atoms. The normalized spacial score (nSPS) is 15.0. The summed E-state index contributed by atoms with van der Waals surface area (Å²) in [5, 5.41) is 7.28. The maximum atomic E-state index is 14.0. The molecule has 0 unspecified atom stereocenters. The number of nitrogens with one attached hydrogen (secondary N) is 1. The molecule has 1 amide bonds. The molecule has 11 heteroatoms. The summed E-state index contributed by atoms with van der Waals surface area (Å²) in [4.78, 5) is 23.6. The quantitative estimate of drug-likeness (QED) is 0.372. The Labute approximate surface area is 240 Å². The van der Waals surface area contributed by atoms with Crippen LogP contribution in [-0.4, -0.2) is 90.1 Å². The number of hydrogen-bond acceptors (Lipinski definition) is 5. The van der Waals surface area contributed by atoms with Gasteiger partial charge in [-0.3, -0.25) is 9.48 Å². The molecule has 0 aliphatic carbocycles. The Kier molecular flexibility index (Phi) is 10.0. The summed E-state index contributed by atoms with van der Waals surface area (Å²) >= 11 is 6.64. The van der Waals surface area contributed by atoms with E-state index in [1.54, 1.807) is 48.1 Å².